The first-order chi connectivity index (χ1) is 7.34. The van der Waals surface area contributed by atoms with E-state index in [2.05, 4.69) is 4.90 Å². The van der Waals surface area contributed by atoms with Crippen molar-refractivity contribution in [2.75, 3.05) is 6.54 Å². The van der Waals surface area contributed by atoms with Gasteiger partial charge < -0.3 is 5.73 Å². The van der Waals surface area contributed by atoms with Gasteiger partial charge in [-0.2, -0.15) is 0 Å². The van der Waals surface area contributed by atoms with Gasteiger partial charge in [0.2, 0.25) is 0 Å². The fourth-order valence-corrected chi connectivity index (χ4v) is 4.19. The quantitative estimate of drug-likeness (QED) is 0.715. The fraction of sp³-hybridized carbons (Fsp3) is 1.00. The first-order valence-electron chi connectivity index (χ1n) is 6.86. The summed E-state index contributed by atoms with van der Waals surface area (Å²) in [5.74, 6) is 1.04. The highest BCUT2D eigenvalue weighted by Crippen LogP contribution is 2.39. The SMILES string of the molecule is NC1CCC(N2CCC3CCCCC32)C1. The number of hydrogen-bond acceptors (Lipinski definition) is 2. The standard InChI is InChI=1S/C13H24N2/c14-11-5-6-12(9-11)15-8-7-10-3-1-2-4-13(10)15/h10-13H,1-9,14H2. The zero-order valence-electron chi connectivity index (χ0n) is 9.70. The van der Waals surface area contributed by atoms with Crippen molar-refractivity contribution in [3.05, 3.63) is 0 Å². The van der Waals surface area contributed by atoms with E-state index in [9.17, 15) is 0 Å². The lowest BCUT2D eigenvalue weighted by atomic mass is 9.85. The van der Waals surface area contributed by atoms with Crippen molar-refractivity contribution in [2.24, 2.45) is 11.7 Å². The van der Waals surface area contributed by atoms with E-state index in [4.69, 9.17) is 5.73 Å². The molecule has 3 fully saturated rings. The molecule has 2 nitrogen and oxygen atoms in total. The summed E-state index contributed by atoms with van der Waals surface area (Å²) in [6, 6.07) is 2.28. The van der Waals surface area contributed by atoms with Crippen molar-refractivity contribution >= 4 is 0 Å². The topological polar surface area (TPSA) is 29.3 Å². The molecule has 2 N–H and O–H groups in total. The maximum absolute atomic E-state index is 6.03. The van der Waals surface area contributed by atoms with Crippen molar-refractivity contribution in [3.63, 3.8) is 0 Å². The van der Waals surface area contributed by atoms with Crippen LogP contribution in [0.1, 0.15) is 51.4 Å². The Labute approximate surface area is 93.2 Å². The molecule has 3 rings (SSSR count). The summed E-state index contributed by atoms with van der Waals surface area (Å²) in [4.78, 5) is 2.83. The van der Waals surface area contributed by atoms with Crippen molar-refractivity contribution in [1.82, 2.24) is 4.90 Å². The molecule has 1 saturated heterocycles. The van der Waals surface area contributed by atoms with Crippen molar-refractivity contribution in [2.45, 2.75) is 69.5 Å². The number of rotatable bonds is 1. The first-order valence-corrected chi connectivity index (χ1v) is 6.86. The molecule has 0 aromatic carbocycles. The molecular formula is C13H24N2. The molecule has 2 aliphatic carbocycles. The van der Waals surface area contributed by atoms with Crippen molar-refractivity contribution in [1.29, 1.82) is 0 Å². The van der Waals surface area contributed by atoms with Crippen LogP contribution in [0.25, 0.3) is 0 Å². The molecule has 1 aliphatic heterocycles. The van der Waals surface area contributed by atoms with E-state index in [-0.39, 0.29) is 0 Å². The van der Waals surface area contributed by atoms with Crippen LogP contribution in [-0.4, -0.2) is 29.6 Å². The van der Waals surface area contributed by atoms with Gasteiger partial charge in [-0.3, -0.25) is 4.90 Å². The zero-order valence-corrected chi connectivity index (χ0v) is 9.70. The highest BCUT2D eigenvalue weighted by Gasteiger charge is 2.40. The van der Waals surface area contributed by atoms with Crippen molar-refractivity contribution < 1.29 is 0 Å². The first kappa shape index (κ1) is 10.1. The molecule has 4 unspecified atom stereocenters. The normalized spacial score (nSPS) is 47.0. The number of nitrogens with zero attached hydrogens (tertiary/aromatic N) is 1. The molecular weight excluding hydrogens is 184 g/mol. The summed E-state index contributed by atoms with van der Waals surface area (Å²) >= 11 is 0. The minimum Gasteiger partial charge on any atom is -0.328 e. The van der Waals surface area contributed by atoms with E-state index in [1.54, 1.807) is 0 Å². The molecule has 0 aromatic heterocycles. The molecule has 3 aliphatic rings. The van der Waals surface area contributed by atoms with Crippen LogP contribution in [0, 0.1) is 5.92 Å². The zero-order chi connectivity index (χ0) is 10.3. The number of nitrogens with two attached hydrogens (primary N) is 1. The minimum atomic E-state index is 0.498. The molecule has 4 atom stereocenters. The number of hydrogen-bond donors (Lipinski definition) is 1. The Balaban J connectivity index is 1.66. The Morgan fingerprint density at radius 1 is 0.933 bits per heavy atom. The summed E-state index contributed by atoms with van der Waals surface area (Å²) in [7, 11) is 0. The van der Waals surface area contributed by atoms with Crippen molar-refractivity contribution in [3.8, 4) is 0 Å². The summed E-state index contributed by atoms with van der Waals surface area (Å²) in [5, 5.41) is 0. The third-order valence-corrected chi connectivity index (χ3v) is 4.97. The highest BCUT2D eigenvalue weighted by molar-refractivity contribution is 4.96. The van der Waals surface area contributed by atoms with Gasteiger partial charge in [0.25, 0.3) is 0 Å². The monoisotopic (exact) mass is 208 g/mol. The molecule has 2 saturated carbocycles. The lowest BCUT2D eigenvalue weighted by molar-refractivity contribution is 0.133. The van der Waals surface area contributed by atoms with Crippen LogP contribution in [0.2, 0.25) is 0 Å². The van der Waals surface area contributed by atoms with Gasteiger partial charge in [0.1, 0.15) is 0 Å². The molecule has 0 amide bonds. The Morgan fingerprint density at radius 2 is 1.80 bits per heavy atom. The molecule has 0 spiro atoms. The van der Waals surface area contributed by atoms with E-state index in [1.165, 1.54) is 57.9 Å². The predicted octanol–water partition coefficient (Wildman–Crippen LogP) is 2.13. The van der Waals surface area contributed by atoms with E-state index >= 15 is 0 Å². The van der Waals surface area contributed by atoms with Crippen LogP contribution in [0.15, 0.2) is 0 Å². The number of likely N-dealkylation sites (tertiary alicyclic amines) is 1. The second-order valence-electron chi connectivity index (χ2n) is 5.87. The Bertz CT molecular complexity index is 229. The second-order valence-corrected chi connectivity index (χ2v) is 5.87. The van der Waals surface area contributed by atoms with Gasteiger partial charge in [-0.25, -0.2) is 0 Å². The van der Waals surface area contributed by atoms with Gasteiger partial charge >= 0.3 is 0 Å². The highest BCUT2D eigenvalue weighted by atomic mass is 15.2. The third-order valence-electron chi connectivity index (χ3n) is 4.97. The van der Waals surface area contributed by atoms with Gasteiger partial charge in [-0.1, -0.05) is 12.8 Å². The van der Waals surface area contributed by atoms with Gasteiger partial charge in [-0.15, -0.1) is 0 Å². The summed E-state index contributed by atoms with van der Waals surface area (Å²) in [6.07, 6.45) is 11.3. The average Bonchev–Trinajstić information content (AvgIpc) is 2.83. The second kappa shape index (κ2) is 4.06. The maximum Gasteiger partial charge on any atom is 0.0127 e. The van der Waals surface area contributed by atoms with E-state index in [1.807, 2.05) is 0 Å². The molecule has 15 heavy (non-hydrogen) atoms. The summed E-state index contributed by atoms with van der Waals surface area (Å²) < 4.78 is 0. The van der Waals surface area contributed by atoms with Gasteiger partial charge in [0.15, 0.2) is 0 Å². The largest absolute Gasteiger partial charge is 0.328 e. The average molecular weight is 208 g/mol. The van der Waals surface area contributed by atoms with Gasteiger partial charge in [0, 0.05) is 18.1 Å². The Kier molecular flexibility index (Phi) is 2.73. The molecule has 0 bridgehead atoms. The van der Waals surface area contributed by atoms with Crippen LogP contribution in [0.3, 0.4) is 0 Å². The third kappa shape index (κ3) is 1.83. The molecule has 0 aromatic rings. The molecule has 1 heterocycles. The van der Waals surface area contributed by atoms with E-state index < -0.39 is 0 Å². The Morgan fingerprint density at radius 3 is 2.60 bits per heavy atom. The lowest BCUT2D eigenvalue weighted by Gasteiger charge is -2.35. The molecule has 2 heteroatoms. The van der Waals surface area contributed by atoms with Gasteiger partial charge in [-0.05, 0) is 51.0 Å². The Hall–Kier alpha value is -0.0800. The van der Waals surface area contributed by atoms with Crippen LogP contribution >= 0.6 is 0 Å². The lowest BCUT2D eigenvalue weighted by Crippen LogP contribution is -2.41. The van der Waals surface area contributed by atoms with Crippen LogP contribution in [-0.2, 0) is 0 Å². The predicted molar refractivity (Wildman–Crippen MR) is 62.7 cm³/mol. The number of fused-ring (bicyclic) bond motifs is 1. The van der Waals surface area contributed by atoms with E-state index in [0.29, 0.717) is 6.04 Å². The summed E-state index contributed by atoms with van der Waals surface area (Å²) in [5.41, 5.74) is 6.03. The van der Waals surface area contributed by atoms with Crippen LogP contribution in [0.5, 0.6) is 0 Å². The summed E-state index contributed by atoms with van der Waals surface area (Å²) in [6.45, 7) is 1.37. The smallest absolute Gasteiger partial charge is 0.0127 e. The fourth-order valence-electron chi connectivity index (χ4n) is 4.19. The maximum atomic E-state index is 6.03. The van der Waals surface area contributed by atoms with Gasteiger partial charge in [0.05, 0.1) is 0 Å². The minimum absolute atomic E-state index is 0.498. The van der Waals surface area contributed by atoms with Crippen LogP contribution in [0.4, 0.5) is 0 Å². The van der Waals surface area contributed by atoms with Crippen LogP contribution < -0.4 is 5.73 Å². The van der Waals surface area contributed by atoms with E-state index in [0.717, 1.165) is 18.0 Å². The molecule has 86 valence electrons. The molecule has 0 radical (unpaired) electrons.